The lowest BCUT2D eigenvalue weighted by molar-refractivity contribution is -0.118. The molecule has 3 N–H and O–H groups in total. The number of aromatic nitrogens is 2. The number of nitrogens with zero attached hydrogens (tertiary/aromatic N) is 2. The van der Waals surface area contributed by atoms with Gasteiger partial charge in [-0.2, -0.15) is 0 Å². The molecule has 106 valence electrons. The number of aromatic amines is 2. The third-order valence-electron chi connectivity index (χ3n) is 2.88. The molecule has 0 bridgehead atoms. The average molecular weight is 278 g/mol. The molecule has 0 amide bonds. The van der Waals surface area contributed by atoms with Crippen molar-refractivity contribution in [1.82, 2.24) is 9.97 Å². The number of carbonyl (C=O) groups excluding carboxylic acids is 1. The Hall–Kier alpha value is -2.51. The van der Waals surface area contributed by atoms with Crippen molar-refractivity contribution in [2.45, 2.75) is 26.7 Å². The Kier molecular flexibility index (Phi) is 3.39. The number of Topliss-reactive ketones (excluding diaryl/α,β-unsaturated/α-hetero) is 1. The number of ketones is 1. The van der Waals surface area contributed by atoms with Crippen molar-refractivity contribution in [2.24, 2.45) is 15.6 Å². The number of allylic oxidation sites excluding steroid dienone is 2. The molecule has 0 saturated carbocycles. The number of hydrogen-bond donors (Lipinski definition) is 3. The van der Waals surface area contributed by atoms with Gasteiger partial charge in [0.1, 0.15) is 5.76 Å². The normalized spacial score (nSPS) is 18.8. The lowest BCUT2D eigenvalue weighted by Crippen LogP contribution is -2.25. The number of nitrogens with one attached hydrogen (secondary N) is 2. The largest absolute Gasteiger partial charge is 0.510 e. The number of hydrogen-bond acceptors (Lipinski definition) is 6. The fraction of sp³-hybridized carbons (Fsp3) is 0.417. The lowest BCUT2D eigenvalue weighted by atomic mass is 9.78. The average Bonchev–Trinajstić information content (AvgIpc) is 2.28. The maximum absolute atomic E-state index is 11.9. The second kappa shape index (κ2) is 4.87. The summed E-state index contributed by atoms with van der Waals surface area (Å²) in [5.74, 6) is -0.473. The quantitative estimate of drug-likeness (QED) is 0.704. The molecule has 0 fully saturated rings. The van der Waals surface area contributed by atoms with Gasteiger partial charge in [-0.25, -0.2) is 4.79 Å². The van der Waals surface area contributed by atoms with Gasteiger partial charge in [0, 0.05) is 19.0 Å². The van der Waals surface area contributed by atoms with E-state index in [-0.39, 0.29) is 34.8 Å². The van der Waals surface area contributed by atoms with Crippen LogP contribution in [0.25, 0.3) is 0 Å². The van der Waals surface area contributed by atoms with E-state index in [0.717, 1.165) is 6.20 Å². The van der Waals surface area contributed by atoms with E-state index in [1.165, 1.54) is 0 Å². The summed E-state index contributed by atoms with van der Waals surface area (Å²) in [6.07, 6.45) is 1.64. The van der Waals surface area contributed by atoms with Crippen molar-refractivity contribution in [3.05, 3.63) is 38.5 Å². The smallest absolute Gasteiger partial charge is 0.325 e. The molecular weight excluding hydrogens is 264 g/mol. The van der Waals surface area contributed by atoms with Gasteiger partial charge in [-0.15, -0.1) is 10.2 Å². The highest BCUT2D eigenvalue weighted by atomic mass is 16.3. The van der Waals surface area contributed by atoms with Crippen LogP contribution in [0.2, 0.25) is 0 Å². The Morgan fingerprint density at radius 2 is 1.90 bits per heavy atom. The summed E-state index contributed by atoms with van der Waals surface area (Å²) in [4.78, 5) is 38.3. The lowest BCUT2D eigenvalue weighted by Gasteiger charge is -2.27. The summed E-state index contributed by atoms with van der Waals surface area (Å²) >= 11 is 0. The van der Waals surface area contributed by atoms with Gasteiger partial charge in [0.15, 0.2) is 17.2 Å². The number of carbonyl (C=O) groups is 1. The first kappa shape index (κ1) is 13.9. The SMILES string of the molecule is CC1(C)CC(=O)C(N=Nc2c[nH]c(=O)[nH]c2=O)=C(O)C1. The molecule has 2 rings (SSSR count). The highest BCUT2D eigenvalue weighted by Crippen LogP contribution is 2.36. The third-order valence-corrected chi connectivity index (χ3v) is 2.88. The summed E-state index contributed by atoms with van der Waals surface area (Å²) in [6, 6.07) is 0. The maximum atomic E-state index is 11.9. The highest BCUT2D eigenvalue weighted by molar-refractivity contribution is 5.96. The summed E-state index contributed by atoms with van der Waals surface area (Å²) < 4.78 is 0. The van der Waals surface area contributed by atoms with Crippen molar-refractivity contribution < 1.29 is 9.90 Å². The first-order valence-electron chi connectivity index (χ1n) is 5.97. The van der Waals surface area contributed by atoms with Crippen LogP contribution < -0.4 is 11.2 Å². The number of azo groups is 1. The predicted octanol–water partition coefficient (Wildman–Crippen LogP) is 1.31. The molecule has 8 heteroatoms. The standard InChI is InChI=1S/C12H14N4O4/c1-12(2)3-7(17)9(8(18)4-12)16-15-6-5-13-11(20)14-10(6)19/h5,17H,3-4H2,1-2H3,(H2,13,14,19,20). The predicted molar refractivity (Wildman–Crippen MR) is 69.9 cm³/mol. The Morgan fingerprint density at radius 1 is 1.20 bits per heavy atom. The molecule has 1 aliphatic carbocycles. The van der Waals surface area contributed by atoms with E-state index < -0.39 is 11.2 Å². The number of aliphatic hydroxyl groups excluding tert-OH is 1. The fourth-order valence-electron chi connectivity index (χ4n) is 1.97. The molecule has 20 heavy (non-hydrogen) atoms. The first-order chi connectivity index (χ1) is 9.28. The van der Waals surface area contributed by atoms with E-state index in [4.69, 9.17) is 0 Å². The Labute approximate surface area is 113 Å². The first-order valence-corrected chi connectivity index (χ1v) is 5.97. The van der Waals surface area contributed by atoms with Crippen LogP contribution in [-0.4, -0.2) is 20.9 Å². The zero-order chi connectivity index (χ0) is 14.9. The van der Waals surface area contributed by atoms with Crippen LogP contribution in [0.1, 0.15) is 26.7 Å². The van der Waals surface area contributed by atoms with Crippen LogP contribution in [0.5, 0.6) is 0 Å². The monoisotopic (exact) mass is 278 g/mol. The van der Waals surface area contributed by atoms with Gasteiger partial charge in [-0.1, -0.05) is 13.8 Å². The molecule has 1 aromatic heterocycles. The molecule has 0 aromatic carbocycles. The van der Waals surface area contributed by atoms with Gasteiger partial charge >= 0.3 is 5.69 Å². The molecule has 0 atom stereocenters. The zero-order valence-electron chi connectivity index (χ0n) is 11.1. The summed E-state index contributed by atoms with van der Waals surface area (Å²) in [7, 11) is 0. The van der Waals surface area contributed by atoms with Gasteiger partial charge in [-0.05, 0) is 5.41 Å². The Balaban J connectivity index is 2.34. The van der Waals surface area contributed by atoms with Crippen molar-refractivity contribution in [2.75, 3.05) is 0 Å². The maximum Gasteiger partial charge on any atom is 0.325 e. The minimum absolute atomic E-state index is 0.143. The van der Waals surface area contributed by atoms with Gasteiger partial charge in [0.2, 0.25) is 0 Å². The summed E-state index contributed by atoms with van der Waals surface area (Å²) in [5.41, 5.74) is -2.00. The van der Waals surface area contributed by atoms with Crippen molar-refractivity contribution >= 4 is 11.5 Å². The summed E-state index contributed by atoms with van der Waals surface area (Å²) in [6.45, 7) is 3.73. The van der Waals surface area contributed by atoms with Crippen molar-refractivity contribution in [1.29, 1.82) is 0 Å². The third kappa shape index (κ3) is 2.90. The van der Waals surface area contributed by atoms with Crippen molar-refractivity contribution in [3.8, 4) is 0 Å². The van der Waals surface area contributed by atoms with Crippen LogP contribution in [-0.2, 0) is 4.79 Å². The molecule has 0 saturated heterocycles. The molecule has 1 aliphatic rings. The van der Waals surface area contributed by atoms with Crippen LogP contribution >= 0.6 is 0 Å². The fourth-order valence-corrected chi connectivity index (χ4v) is 1.97. The van der Waals surface area contributed by atoms with E-state index in [1.54, 1.807) is 0 Å². The second-order valence-electron chi connectivity index (χ2n) is 5.39. The second-order valence-corrected chi connectivity index (χ2v) is 5.39. The minimum Gasteiger partial charge on any atom is -0.510 e. The zero-order valence-corrected chi connectivity index (χ0v) is 11.1. The minimum atomic E-state index is -0.721. The summed E-state index contributed by atoms with van der Waals surface area (Å²) in [5, 5.41) is 17.1. The van der Waals surface area contributed by atoms with Crippen molar-refractivity contribution in [3.63, 3.8) is 0 Å². The van der Waals surface area contributed by atoms with Crippen LogP contribution in [0.15, 0.2) is 37.5 Å². The van der Waals surface area contributed by atoms with E-state index in [0.29, 0.717) is 6.42 Å². The number of aliphatic hydroxyl groups is 1. The van der Waals surface area contributed by atoms with Gasteiger partial charge < -0.3 is 10.1 Å². The van der Waals surface area contributed by atoms with E-state index in [2.05, 4.69) is 15.2 Å². The van der Waals surface area contributed by atoms with Crippen LogP contribution in [0.3, 0.4) is 0 Å². The molecule has 1 heterocycles. The Bertz CT molecular complexity index is 723. The molecule has 0 aliphatic heterocycles. The molecule has 1 aromatic rings. The number of H-pyrrole nitrogens is 2. The van der Waals surface area contributed by atoms with E-state index in [9.17, 15) is 19.5 Å². The highest BCUT2D eigenvalue weighted by Gasteiger charge is 2.33. The molecule has 0 spiro atoms. The van der Waals surface area contributed by atoms with E-state index in [1.807, 2.05) is 18.8 Å². The Morgan fingerprint density at radius 3 is 2.50 bits per heavy atom. The molecular formula is C12H14N4O4. The van der Waals surface area contributed by atoms with Crippen LogP contribution in [0, 0.1) is 5.41 Å². The number of rotatable bonds is 2. The van der Waals surface area contributed by atoms with Gasteiger partial charge in [0.05, 0.1) is 0 Å². The molecule has 8 nitrogen and oxygen atoms in total. The molecule has 0 radical (unpaired) electrons. The topological polar surface area (TPSA) is 128 Å². The molecule has 0 unspecified atom stereocenters. The van der Waals surface area contributed by atoms with Crippen LogP contribution in [0.4, 0.5) is 5.69 Å². The van der Waals surface area contributed by atoms with E-state index >= 15 is 0 Å². The van der Waals surface area contributed by atoms with Gasteiger partial charge in [-0.3, -0.25) is 14.6 Å². The van der Waals surface area contributed by atoms with Gasteiger partial charge in [0.25, 0.3) is 5.56 Å².